The van der Waals surface area contributed by atoms with Crippen LogP contribution < -0.4 is 10.6 Å². The Morgan fingerprint density at radius 3 is 2.42 bits per heavy atom. The molecule has 0 fully saturated rings. The summed E-state index contributed by atoms with van der Waals surface area (Å²) in [5.41, 5.74) is 3.90. The number of aliphatic hydroxyl groups excluding tert-OH is 1. The highest BCUT2D eigenvalue weighted by atomic mass is 16.3. The van der Waals surface area contributed by atoms with E-state index in [1.165, 1.54) is 13.0 Å². The molecule has 124 valence electrons. The van der Waals surface area contributed by atoms with E-state index in [9.17, 15) is 9.59 Å². The minimum atomic E-state index is -0.251. The third kappa shape index (κ3) is 5.07. The van der Waals surface area contributed by atoms with Crippen molar-refractivity contribution < 1.29 is 14.7 Å². The smallest absolute Gasteiger partial charge is 0.248 e. The number of aryl methyl sites for hydroxylation is 1. The molecule has 3 N–H and O–H groups in total. The first-order valence-corrected chi connectivity index (χ1v) is 7.55. The van der Waals surface area contributed by atoms with E-state index in [0.717, 1.165) is 16.7 Å². The molecular formula is C19H20N2O3. The lowest BCUT2D eigenvalue weighted by molar-refractivity contribution is -0.114. The highest BCUT2D eigenvalue weighted by Crippen LogP contribution is 2.17. The fourth-order valence-corrected chi connectivity index (χ4v) is 2.13. The second-order valence-electron chi connectivity index (χ2n) is 5.43. The maximum atomic E-state index is 12.0. The Labute approximate surface area is 141 Å². The van der Waals surface area contributed by atoms with Crippen LogP contribution >= 0.6 is 0 Å². The molecule has 0 spiro atoms. The molecule has 0 aliphatic heterocycles. The van der Waals surface area contributed by atoms with Gasteiger partial charge in [-0.05, 0) is 47.9 Å². The second-order valence-corrected chi connectivity index (χ2v) is 5.43. The number of hydrogen-bond donors (Lipinski definition) is 3. The van der Waals surface area contributed by atoms with Crippen molar-refractivity contribution in [1.82, 2.24) is 0 Å². The zero-order chi connectivity index (χ0) is 17.5. The van der Waals surface area contributed by atoms with Gasteiger partial charge >= 0.3 is 0 Å². The lowest BCUT2D eigenvalue weighted by Crippen LogP contribution is -2.09. The van der Waals surface area contributed by atoms with Gasteiger partial charge in [-0.1, -0.05) is 24.3 Å². The molecule has 2 aromatic rings. The van der Waals surface area contributed by atoms with Gasteiger partial charge in [0, 0.05) is 24.4 Å². The number of amides is 2. The SMILES string of the molecule is CC(=O)Nc1ccc(/C=C/C(=O)Nc2cc(CO)ccc2C)cc1. The van der Waals surface area contributed by atoms with E-state index in [2.05, 4.69) is 10.6 Å². The summed E-state index contributed by atoms with van der Waals surface area (Å²) in [5.74, 6) is -0.378. The molecule has 0 aromatic heterocycles. The molecule has 0 saturated heterocycles. The fourth-order valence-electron chi connectivity index (χ4n) is 2.13. The molecule has 24 heavy (non-hydrogen) atoms. The predicted molar refractivity (Wildman–Crippen MR) is 95.5 cm³/mol. The normalized spacial score (nSPS) is 10.6. The molecule has 5 heteroatoms. The quantitative estimate of drug-likeness (QED) is 0.740. The van der Waals surface area contributed by atoms with Crippen molar-refractivity contribution in [3.8, 4) is 0 Å². The molecular weight excluding hydrogens is 304 g/mol. The van der Waals surface area contributed by atoms with Gasteiger partial charge in [0.1, 0.15) is 0 Å². The molecule has 5 nitrogen and oxygen atoms in total. The number of rotatable bonds is 5. The molecule has 2 aromatic carbocycles. The summed E-state index contributed by atoms with van der Waals surface area (Å²) in [5, 5.41) is 14.6. The maximum absolute atomic E-state index is 12.0. The van der Waals surface area contributed by atoms with Gasteiger partial charge in [-0.2, -0.15) is 0 Å². The van der Waals surface area contributed by atoms with Crippen LogP contribution in [0.3, 0.4) is 0 Å². The number of benzene rings is 2. The minimum Gasteiger partial charge on any atom is -0.392 e. The second kappa shape index (κ2) is 8.08. The van der Waals surface area contributed by atoms with Crippen LogP contribution in [0.5, 0.6) is 0 Å². The Bertz CT molecular complexity index is 765. The number of hydrogen-bond acceptors (Lipinski definition) is 3. The van der Waals surface area contributed by atoms with Gasteiger partial charge in [0.05, 0.1) is 6.61 Å². The molecule has 0 saturated carbocycles. The van der Waals surface area contributed by atoms with Crippen LogP contribution in [0.15, 0.2) is 48.5 Å². The molecule has 0 radical (unpaired) electrons. The monoisotopic (exact) mass is 324 g/mol. The van der Waals surface area contributed by atoms with E-state index in [-0.39, 0.29) is 18.4 Å². The van der Waals surface area contributed by atoms with E-state index in [4.69, 9.17) is 5.11 Å². The van der Waals surface area contributed by atoms with Gasteiger partial charge in [0.2, 0.25) is 11.8 Å². The summed E-state index contributed by atoms with van der Waals surface area (Å²) >= 11 is 0. The van der Waals surface area contributed by atoms with Crippen LogP contribution in [-0.2, 0) is 16.2 Å². The largest absolute Gasteiger partial charge is 0.392 e. The highest BCUT2D eigenvalue weighted by molar-refractivity contribution is 6.02. The van der Waals surface area contributed by atoms with E-state index < -0.39 is 0 Å². The van der Waals surface area contributed by atoms with Crippen LogP contribution in [0.1, 0.15) is 23.6 Å². The first-order chi connectivity index (χ1) is 11.5. The zero-order valence-electron chi connectivity index (χ0n) is 13.7. The molecule has 2 amide bonds. The van der Waals surface area contributed by atoms with Crippen molar-refractivity contribution in [3.63, 3.8) is 0 Å². The lowest BCUT2D eigenvalue weighted by atomic mass is 10.1. The molecule has 0 unspecified atom stereocenters. The van der Waals surface area contributed by atoms with Gasteiger partial charge < -0.3 is 15.7 Å². The van der Waals surface area contributed by atoms with Gasteiger partial charge in [0.15, 0.2) is 0 Å². The Morgan fingerprint density at radius 2 is 1.79 bits per heavy atom. The summed E-state index contributed by atoms with van der Waals surface area (Å²) in [6.45, 7) is 3.27. The maximum Gasteiger partial charge on any atom is 0.248 e. The number of aliphatic hydroxyl groups is 1. The third-order valence-electron chi connectivity index (χ3n) is 3.40. The highest BCUT2D eigenvalue weighted by Gasteiger charge is 2.03. The van der Waals surface area contributed by atoms with Crippen LogP contribution in [0, 0.1) is 6.92 Å². The Balaban J connectivity index is 2.01. The van der Waals surface area contributed by atoms with E-state index in [1.807, 2.05) is 31.2 Å². The first-order valence-electron chi connectivity index (χ1n) is 7.55. The number of carbonyl (C=O) groups is 2. The van der Waals surface area contributed by atoms with Crippen LogP contribution in [-0.4, -0.2) is 16.9 Å². The van der Waals surface area contributed by atoms with Gasteiger partial charge in [-0.25, -0.2) is 0 Å². The molecule has 0 aliphatic carbocycles. The average molecular weight is 324 g/mol. The van der Waals surface area contributed by atoms with E-state index in [0.29, 0.717) is 11.4 Å². The van der Waals surface area contributed by atoms with Crippen LogP contribution in [0.2, 0.25) is 0 Å². The molecule has 0 aliphatic rings. The Hall–Kier alpha value is -2.92. The molecule has 0 bridgehead atoms. The summed E-state index contributed by atoms with van der Waals surface area (Å²) in [4.78, 5) is 23.0. The lowest BCUT2D eigenvalue weighted by Gasteiger charge is -2.08. The van der Waals surface area contributed by atoms with Crippen molar-refractivity contribution in [3.05, 3.63) is 65.2 Å². The Kier molecular flexibility index (Phi) is 5.87. The van der Waals surface area contributed by atoms with Crippen LogP contribution in [0.25, 0.3) is 6.08 Å². The fraction of sp³-hybridized carbons (Fsp3) is 0.158. The van der Waals surface area contributed by atoms with E-state index in [1.54, 1.807) is 24.3 Å². The molecule has 0 atom stereocenters. The average Bonchev–Trinajstić information content (AvgIpc) is 2.56. The van der Waals surface area contributed by atoms with Crippen molar-refractivity contribution in [2.75, 3.05) is 10.6 Å². The minimum absolute atomic E-state index is 0.0698. The third-order valence-corrected chi connectivity index (χ3v) is 3.40. The van der Waals surface area contributed by atoms with Gasteiger partial charge in [-0.15, -0.1) is 0 Å². The zero-order valence-corrected chi connectivity index (χ0v) is 13.7. The topological polar surface area (TPSA) is 78.4 Å². The summed E-state index contributed by atoms with van der Waals surface area (Å²) < 4.78 is 0. The predicted octanol–water partition coefficient (Wildman–Crippen LogP) is 3.10. The number of nitrogens with one attached hydrogen (secondary N) is 2. The summed E-state index contributed by atoms with van der Waals surface area (Å²) in [6, 6.07) is 12.6. The van der Waals surface area contributed by atoms with Crippen molar-refractivity contribution in [2.45, 2.75) is 20.5 Å². The van der Waals surface area contributed by atoms with Gasteiger partial charge in [0.25, 0.3) is 0 Å². The first kappa shape index (κ1) is 17.4. The standard InChI is InChI=1S/C19H20N2O3/c1-13-3-4-16(12-22)11-18(13)21-19(24)10-7-15-5-8-17(9-6-15)20-14(2)23/h3-11,22H,12H2,1-2H3,(H,20,23)(H,21,24)/b10-7+. The van der Waals surface area contributed by atoms with Crippen LogP contribution in [0.4, 0.5) is 11.4 Å². The number of anilines is 2. The van der Waals surface area contributed by atoms with Crippen molar-refractivity contribution in [1.29, 1.82) is 0 Å². The Morgan fingerprint density at radius 1 is 1.08 bits per heavy atom. The van der Waals surface area contributed by atoms with Crippen molar-refractivity contribution in [2.24, 2.45) is 0 Å². The van der Waals surface area contributed by atoms with E-state index >= 15 is 0 Å². The number of carbonyl (C=O) groups excluding carboxylic acids is 2. The molecule has 0 heterocycles. The summed E-state index contributed by atoms with van der Waals surface area (Å²) in [7, 11) is 0. The molecule has 2 rings (SSSR count). The summed E-state index contributed by atoms with van der Waals surface area (Å²) in [6.07, 6.45) is 3.14. The van der Waals surface area contributed by atoms with Gasteiger partial charge in [-0.3, -0.25) is 9.59 Å². The van der Waals surface area contributed by atoms with Crippen molar-refractivity contribution >= 4 is 29.3 Å².